The second-order valence-corrected chi connectivity index (χ2v) is 19.4. The average Bonchev–Trinajstić information content (AvgIpc) is 3.65. The minimum Gasteiger partial charge on any atom is -0.436 e. The van der Waals surface area contributed by atoms with Gasteiger partial charge in [-0.15, -0.1) is 10.2 Å². The van der Waals surface area contributed by atoms with E-state index >= 15 is 4.39 Å². The maximum atomic E-state index is 15.5. The average molecular weight is 668 g/mol. The molecule has 2 amide bonds. The van der Waals surface area contributed by atoms with Gasteiger partial charge in [0, 0.05) is 27.1 Å². The Morgan fingerprint density at radius 1 is 1.26 bits per heavy atom. The van der Waals surface area contributed by atoms with Gasteiger partial charge in [-0.3, -0.25) is 14.7 Å². The lowest BCUT2D eigenvalue weighted by molar-refractivity contribution is -0.0423. The molecule has 14 heteroatoms. The molecule has 46 heavy (non-hydrogen) atoms. The number of carbonyl (C=O) groups excluding carboxylic acids is 2. The summed E-state index contributed by atoms with van der Waals surface area (Å²) in [7, 11) is -1.36. The maximum Gasteiger partial charge on any atom is 0.412 e. The molecule has 1 unspecified atom stereocenters. The van der Waals surface area contributed by atoms with Crippen molar-refractivity contribution in [1.82, 2.24) is 29.6 Å². The minimum absolute atomic E-state index is 0.0604. The van der Waals surface area contributed by atoms with Crippen molar-refractivity contribution >= 4 is 48.4 Å². The van der Waals surface area contributed by atoms with E-state index in [0.29, 0.717) is 38.2 Å². The number of hydrogen-bond acceptors (Lipinski definition) is 7. The smallest absolute Gasteiger partial charge is 0.412 e. The van der Waals surface area contributed by atoms with Crippen molar-refractivity contribution in [3.05, 3.63) is 69.8 Å². The van der Waals surface area contributed by atoms with Gasteiger partial charge in [0.1, 0.15) is 12.6 Å². The van der Waals surface area contributed by atoms with Gasteiger partial charge in [0.25, 0.3) is 5.91 Å². The number of hydrogen-bond donors (Lipinski definition) is 2. The summed E-state index contributed by atoms with van der Waals surface area (Å²) in [5, 5.41) is 11.5. The fraction of sp³-hybridized carbons (Fsp3) is 0.469. The Hall–Kier alpha value is -3.81. The van der Waals surface area contributed by atoms with E-state index < -0.39 is 31.5 Å². The number of halogens is 2. The van der Waals surface area contributed by atoms with Crippen LogP contribution in [0.5, 0.6) is 0 Å². The van der Waals surface area contributed by atoms with Crippen LogP contribution in [0, 0.1) is 12.7 Å². The van der Waals surface area contributed by atoms with Crippen molar-refractivity contribution in [3.8, 4) is 0 Å². The van der Waals surface area contributed by atoms with Crippen molar-refractivity contribution in [2.75, 3.05) is 25.0 Å². The molecule has 2 atom stereocenters. The number of carbonyl (C=O) groups is 2. The molecule has 4 heterocycles. The number of aromatic amines is 1. The van der Waals surface area contributed by atoms with Gasteiger partial charge in [-0.2, -0.15) is 0 Å². The normalized spacial score (nSPS) is 18.8. The standard InChI is InChI=1S/C32H39ClFN7O4Si/c1-6-21(20-14-19(2)27-24(15-20)35-17-36-27)28-38-39-29(41(28)18-44-12-13-46(3,4)5)30(42)40-11-7-10-32(16-40)25-23(37-31(43)45-32)9-8-22(33)26(25)34/h8-9,14-15,17,21H,6-7,10-13,16,18H2,1-5H3,(H,35,36)(H,37,43)/t21?,32-/m0/s1. The van der Waals surface area contributed by atoms with Crippen molar-refractivity contribution in [3.63, 3.8) is 0 Å². The number of piperidine rings is 1. The predicted molar refractivity (Wildman–Crippen MR) is 175 cm³/mol. The van der Waals surface area contributed by atoms with Crippen LogP contribution >= 0.6 is 11.6 Å². The van der Waals surface area contributed by atoms with E-state index in [1.165, 1.54) is 6.07 Å². The zero-order chi connectivity index (χ0) is 32.8. The van der Waals surface area contributed by atoms with Gasteiger partial charge in [0.2, 0.25) is 5.82 Å². The number of ether oxygens (including phenoxy) is 2. The molecule has 0 bridgehead atoms. The molecule has 1 fully saturated rings. The molecule has 11 nitrogen and oxygen atoms in total. The number of benzene rings is 2. The zero-order valence-electron chi connectivity index (χ0n) is 26.7. The van der Waals surface area contributed by atoms with Crippen LogP contribution in [-0.4, -0.2) is 69.4 Å². The van der Waals surface area contributed by atoms with Gasteiger partial charge in [0.05, 0.1) is 40.2 Å². The Kier molecular flexibility index (Phi) is 8.68. The summed E-state index contributed by atoms with van der Waals surface area (Å²) in [5.41, 5.74) is 2.91. The Morgan fingerprint density at radius 2 is 2.07 bits per heavy atom. The molecular formula is C32H39ClFN7O4Si. The summed E-state index contributed by atoms with van der Waals surface area (Å²) in [6.45, 7) is 11.9. The van der Waals surface area contributed by atoms with E-state index in [2.05, 4.69) is 64.2 Å². The number of imidazole rings is 1. The number of aromatic nitrogens is 5. The Morgan fingerprint density at radius 3 is 2.83 bits per heavy atom. The number of likely N-dealkylation sites (tertiary alicyclic amines) is 1. The molecule has 2 aliphatic rings. The fourth-order valence-electron chi connectivity index (χ4n) is 6.50. The quantitative estimate of drug-likeness (QED) is 0.148. The predicted octanol–water partition coefficient (Wildman–Crippen LogP) is 6.80. The maximum absolute atomic E-state index is 15.5. The van der Waals surface area contributed by atoms with Crippen molar-refractivity contribution < 1.29 is 23.5 Å². The summed E-state index contributed by atoms with van der Waals surface area (Å²) in [4.78, 5) is 36.1. The van der Waals surface area contributed by atoms with E-state index in [9.17, 15) is 9.59 Å². The third-order valence-corrected chi connectivity index (χ3v) is 10.9. The molecule has 6 rings (SSSR count). The van der Waals surface area contributed by atoms with Gasteiger partial charge >= 0.3 is 6.09 Å². The molecule has 0 saturated carbocycles. The van der Waals surface area contributed by atoms with Crippen LogP contribution in [0.1, 0.15) is 65.2 Å². The SMILES string of the molecule is CCC(c1cc(C)c2nc[nH]c2c1)c1nnc(C(=O)N2CCC[C@@]3(C2)OC(=O)Nc2ccc(Cl)c(F)c23)n1COCC[Si](C)(C)C. The molecule has 4 aromatic rings. The zero-order valence-corrected chi connectivity index (χ0v) is 28.5. The second-order valence-electron chi connectivity index (χ2n) is 13.4. The van der Waals surface area contributed by atoms with Crippen LogP contribution in [0.15, 0.2) is 30.6 Å². The van der Waals surface area contributed by atoms with Crippen LogP contribution in [0.3, 0.4) is 0 Å². The van der Waals surface area contributed by atoms with Crippen LogP contribution < -0.4 is 5.32 Å². The molecule has 1 saturated heterocycles. The fourth-order valence-corrected chi connectivity index (χ4v) is 7.42. The first-order chi connectivity index (χ1) is 21.9. The number of nitrogens with zero attached hydrogens (tertiary/aromatic N) is 5. The monoisotopic (exact) mass is 667 g/mol. The summed E-state index contributed by atoms with van der Waals surface area (Å²) in [5.74, 6) is -0.530. The molecule has 2 N–H and O–H groups in total. The number of rotatable bonds is 9. The third kappa shape index (κ3) is 6.03. The van der Waals surface area contributed by atoms with E-state index in [1.54, 1.807) is 21.9 Å². The number of fused-ring (bicyclic) bond motifs is 3. The molecule has 244 valence electrons. The summed E-state index contributed by atoms with van der Waals surface area (Å²) in [6, 6.07) is 8.07. The van der Waals surface area contributed by atoms with Gasteiger partial charge in [0.15, 0.2) is 11.4 Å². The molecule has 1 spiro atoms. The highest BCUT2D eigenvalue weighted by Gasteiger charge is 2.49. The lowest BCUT2D eigenvalue weighted by Crippen LogP contribution is -2.54. The van der Waals surface area contributed by atoms with Crippen molar-refractivity contribution in [1.29, 1.82) is 0 Å². The largest absolute Gasteiger partial charge is 0.436 e. The van der Waals surface area contributed by atoms with E-state index in [0.717, 1.165) is 28.2 Å². The van der Waals surface area contributed by atoms with Gasteiger partial charge < -0.3 is 19.4 Å². The lowest BCUT2D eigenvalue weighted by atomic mass is 9.83. The number of H-pyrrole nitrogens is 1. The first kappa shape index (κ1) is 32.1. The highest BCUT2D eigenvalue weighted by molar-refractivity contribution is 6.76. The summed E-state index contributed by atoms with van der Waals surface area (Å²) in [6.07, 6.45) is 2.48. The van der Waals surface area contributed by atoms with Crippen LogP contribution in [0.4, 0.5) is 14.9 Å². The van der Waals surface area contributed by atoms with Gasteiger partial charge in [-0.05, 0) is 61.6 Å². The molecule has 2 aromatic heterocycles. The van der Waals surface area contributed by atoms with Crippen molar-refractivity contribution in [2.24, 2.45) is 0 Å². The van der Waals surface area contributed by atoms with Gasteiger partial charge in [-0.1, -0.05) is 44.2 Å². The van der Waals surface area contributed by atoms with Crippen molar-refractivity contribution in [2.45, 2.75) is 77.0 Å². The molecular weight excluding hydrogens is 629 g/mol. The summed E-state index contributed by atoms with van der Waals surface area (Å²) >= 11 is 6.16. The van der Waals surface area contributed by atoms with E-state index in [-0.39, 0.29) is 41.3 Å². The number of anilines is 1. The number of nitrogens with one attached hydrogen (secondary N) is 2. The van der Waals surface area contributed by atoms with Crippen LogP contribution in [-0.2, 0) is 21.8 Å². The first-order valence-electron chi connectivity index (χ1n) is 15.6. The van der Waals surface area contributed by atoms with Gasteiger partial charge in [-0.25, -0.2) is 14.2 Å². The molecule has 0 aliphatic carbocycles. The number of aryl methyl sites for hydroxylation is 1. The number of amides is 2. The van der Waals surface area contributed by atoms with Crippen LogP contribution in [0.25, 0.3) is 11.0 Å². The topological polar surface area (TPSA) is 127 Å². The highest BCUT2D eigenvalue weighted by Crippen LogP contribution is 2.45. The molecule has 2 aliphatic heterocycles. The Balaban J connectivity index is 1.36. The Labute approximate surface area is 272 Å². The lowest BCUT2D eigenvalue weighted by Gasteiger charge is -2.45. The molecule has 0 radical (unpaired) electrons. The third-order valence-electron chi connectivity index (χ3n) is 8.86. The second kappa shape index (κ2) is 12.4. The van der Waals surface area contributed by atoms with E-state index in [4.69, 9.17) is 21.1 Å². The highest BCUT2D eigenvalue weighted by atomic mass is 35.5. The summed E-state index contributed by atoms with van der Waals surface area (Å²) < 4.78 is 29.2. The first-order valence-corrected chi connectivity index (χ1v) is 19.7. The minimum atomic E-state index is -1.40. The molecule has 2 aromatic carbocycles. The Bertz CT molecular complexity index is 1800. The van der Waals surface area contributed by atoms with Crippen LogP contribution in [0.2, 0.25) is 30.7 Å². The van der Waals surface area contributed by atoms with E-state index in [1.807, 2.05) is 6.92 Å².